The van der Waals surface area contributed by atoms with Crippen LogP contribution >= 0.6 is 11.6 Å². The quantitative estimate of drug-likeness (QED) is 0.909. The van der Waals surface area contributed by atoms with Gasteiger partial charge >= 0.3 is 0 Å². The fraction of sp³-hybridized carbons (Fsp3) is 0.571. The number of aromatic nitrogens is 3. The number of imidazole rings is 1. The van der Waals surface area contributed by atoms with E-state index in [9.17, 15) is 0 Å². The summed E-state index contributed by atoms with van der Waals surface area (Å²) in [4.78, 5) is 8.81. The van der Waals surface area contributed by atoms with Gasteiger partial charge in [-0.25, -0.2) is 9.97 Å². The first-order valence-corrected chi connectivity index (χ1v) is 7.35. The van der Waals surface area contributed by atoms with E-state index >= 15 is 0 Å². The van der Waals surface area contributed by atoms with E-state index in [2.05, 4.69) is 21.5 Å². The SMILES string of the molecule is CCC1CCCC(n2c(N)nc3cc(Cl)cnc32)C1. The lowest BCUT2D eigenvalue weighted by Crippen LogP contribution is -2.20. The summed E-state index contributed by atoms with van der Waals surface area (Å²) in [5.74, 6) is 1.36. The highest BCUT2D eigenvalue weighted by molar-refractivity contribution is 6.31. The van der Waals surface area contributed by atoms with Crippen LogP contribution in [0.15, 0.2) is 12.3 Å². The lowest BCUT2D eigenvalue weighted by molar-refractivity contribution is 0.266. The molecule has 2 atom stereocenters. The number of rotatable bonds is 2. The fourth-order valence-electron chi connectivity index (χ4n) is 3.20. The smallest absolute Gasteiger partial charge is 0.202 e. The van der Waals surface area contributed by atoms with Crippen LogP contribution in [0.2, 0.25) is 5.02 Å². The zero-order chi connectivity index (χ0) is 13.4. The number of hydrogen-bond donors (Lipinski definition) is 1. The average molecular weight is 279 g/mol. The average Bonchev–Trinajstić information content (AvgIpc) is 2.73. The molecular formula is C14H19ClN4. The molecule has 4 nitrogen and oxygen atoms in total. The summed E-state index contributed by atoms with van der Waals surface area (Å²) in [6.07, 6.45) is 7.84. The highest BCUT2D eigenvalue weighted by atomic mass is 35.5. The molecule has 3 rings (SSSR count). The number of pyridine rings is 1. The summed E-state index contributed by atoms with van der Waals surface area (Å²) in [6.45, 7) is 2.26. The first kappa shape index (κ1) is 12.7. The summed E-state index contributed by atoms with van der Waals surface area (Å²) in [5, 5.41) is 0.604. The van der Waals surface area contributed by atoms with Gasteiger partial charge in [-0.1, -0.05) is 37.8 Å². The topological polar surface area (TPSA) is 56.7 Å². The number of anilines is 1. The monoisotopic (exact) mass is 278 g/mol. The zero-order valence-corrected chi connectivity index (χ0v) is 11.9. The molecule has 2 heterocycles. The molecule has 2 N–H and O–H groups in total. The second-order valence-corrected chi connectivity index (χ2v) is 5.87. The van der Waals surface area contributed by atoms with Gasteiger partial charge < -0.3 is 5.73 Å². The maximum absolute atomic E-state index is 6.09. The van der Waals surface area contributed by atoms with E-state index < -0.39 is 0 Å². The number of hydrogen-bond acceptors (Lipinski definition) is 3. The summed E-state index contributed by atoms with van der Waals surface area (Å²) in [6, 6.07) is 2.26. The minimum atomic E-state index is 0.428. The lowest BCUT2D eigenvalue weighted by atomic mass is 9.84. The molecule has 1 fully saturated rings. The normalized spacial score (nSPS) is 23.9. The van der Waals surface area contributed by atoms with Crippen LogP contribution in [0.3, 0.4) is 0 Å². The van der Waals surface area contributed by atoms with E-state index in [-0.39, 0.29) is 0 Å². The van der Waals surface area contributed by atoms with Crippen LogP contribution in [0.5, 0.6) is 0 Å². The van der Waals surface area contributed by atoms with Gasteiger partial charge in [-0.15, -0.1) is 0 Å². The van der Waals surface area contributed by atoms with Crippen LogP contribution < -0.4 is 5.73 Å². The lowest BCUT2D eigenvalue weighted by Gasteiger charge is -2.30. The Bertz CT molecular complexity index is 592. The van der Waals surface area contributed by atoms with Crippen LogP contribution in [0.1, 0.15) is 45.1 Å². The summed E-state index contributed by atoms with van der Waals surface area (Å²) in [5.41, 5.74) is 7.75. The largest absolute Gasteiger partial charge is 0.369 e. The van der Waals surface area contributed by atoms with Gasteiger partial charge in [0.15, 0.2) is 5.65 Å². The van der Waals surface area contributed by atoms with Crippen molar-refractivity contribution in [1.29, 1.82) is 0 Å². The highest BCUT2D eigenvalue weighted by Gasteiger charge is 2.25. The van der Waals surface area contributed by atoms with E-state index in [1.807, 2.05) is 6.07 Å². The Hall–Kier alpha value is -1.29. The highest BCUT2D eigenvalue weighted by Crippen LogP contribution is 2.37. The number of nitrogens with zero attached hydrogens (tertiary/aromatic N) is 3. The van der Waals surface area contributed by atoms with Crippen molar-refractivity contribution < 1.29 is 0 Å². The predicted molar refractivity (Wildman–Crippen MR) is 78.2 cm³/mol. The number of fused-ring (bicyclic) bond motifs is 1. The third-order valence-corrected chi connectivity index (χ3v) is 4.43. The molecule has 2 unspecified atom stereocenters. The Kier molecular flexibility index (Phi) is 3.35. The molecule has 19 heavy (non-hydrogen) atoms. The first-order valence-electron chi connectivity index (χ1n) is 6.98. The van der Waals surface area contributed by atoms with Crippen LogP contribution in [-0.2, 0) is 0 Å². The van der Waals surface area contributed by atoms with Gasteiger partial charge in [-0.05, 0) is 24.8 Å². The summed E-state index contributed by atoms with van der Waals surface area (Å²) >= 11 is 5.96. The maximum Gasteiger partial charge on any atom is 0.202 e. The van der Waals surface area contributed by atoms with Crippen LogP contribution in [0.25, 0.3) is 11.2 Å². The third-order valence-electron chi connectivity index (χ3n) is 4.22. The summed E-state index contributed by atoms with van der Waals surface area (Å²) < 4.78 is 2.10. The fourth-order valence-corrected chi connectivity index (χ4v) is 3.36. The summed E-state index contributed by atoms with van der Waals surface area (Å²) in [7, 11) is 0. The zero-order valence-electron chi connectivity index (χ0n) is 11.1. The molecule has 0 aromatic carbocycles. The van der Waals surface area contributed by atoms with E-state index in [1.165, 1.54) is 25.7 Å². The number of nitrogen functional groups attached to an aromatic ring is 1. The van der Waals surface area contributed by atoms with Crippen molar-refractivity contribution in [3.63, 3.8) is 0 Å². The maximum atomic E-state index is 6.09. The molecule has 0 amide bonds. The second-order valence-electron chi connectivity index (χ2n) is 5.43. The molecular weight excluding hydrogens is 260 g/mol. The van der Waals surface area contributed by atoms with Crippen molar-refractivity contribution in [3.05, 3.63) is 17.3 Å². The number of halogens is 1. The van der Waals surface area contributed by atoms with Gasteiger partial charge in [0.1, 0.15) is 5.52 Å². The van der Waals surface area contributed by atoms with Gasteiger partial charge in [0.25, 0.3) is 0 Å². The first-order chi connectivity index (χ1) is 9.19. The predicted octanol–water partition coefficient (Wildman–Crippen LogP) is 3.81. The van der Waals surface area contributed by atoms with E-state index in [0.29, 0.717) is 17.0 Å². The van der Waals surface area contributed by atoms with Gasteiger partial charge in [-0.2, -0.15) is 0 Å². The Labute approximate surface area is 118 Å². The molecule has 1 saturated carbocycles. The number of nitrogens with two attached hydrogens (primary N) is 1. The van der Waals surface area contributed by atoms with Gasteiger partial charge in [0.05, 0.1) is 5.02 Å². The second kappa shape index (κ2) is 5.00. The molecule has 2 aromatic heterocycles. The molecule has 1 aliphatic rings. The molecule has 0 bridgehead atoms. The third kappa shape index (κ3) is 2.29. The molecule has 5 heteroatoms. The molecule has 1 aliphatic carbocycles. The van der Waals surface area contributed by atoms with Gasteiger partial charge in [0.2, 0.25) is 5.95 Å². The van der Waals surface area contributed by atoms with Crippen molar-refractivity contribution in [2.24, 2.45) is 5.92 Å². The van der Waals surface area contributed by atoms with Gasteiger partial charge in [0, 0.05) is 12.2 Å². The Balaban J connectivity index is 2.02. The van der Waals surface area contributed by atoms with Crippen LogP contribution in [0, 0.1) is 5.92 Å². The van der Waals surface area contributed by atoms with Gasteiger partial charge in [-0.3, -0.25) is 4.57 Å². The molecule has 0 aliphatic heterocycles. The van der Waals surface area contributed by atoms with Crippen molar-refractivity contribution in [1.82, 2.24) is 14.5 Å². The Morgan fingerprint density at radius 3 is 3.11 bits per heavy atom. The van der Waals surface area contributed by atoms with E-state index in [0.717, 1.165) is 23.5 Å². The van der Waals surface area contributed by atoms with E-state index in [1.54, 1.807) is 6.20 Å². The van der Waals surface area contributed by atoms with Crippen LogP contribution in [0.4, 0.5) is 5.95 Å². The van der Waals surface area contributed by atoms with Crippen molar-refractivity contribution >= 4 is 28.7 Å². The van der Waals surface area contributed by atoms with Crippen molar-refractivity contribution in [2.75, 3.05) is 5.73 Å². The molecule has 102 valence electrons. The van der Waals surface area contributed by atoms with Crippen molar-refractivity contribution in [3.8, 4) is 0 Å². The molecule has 0 radical (unpaired) electrons. The van der Waals surface area contributed by atoms with Crippen LogP contribution in [-0.4, -0.2) is 14.5 Å². The molecule has 0 spiro atoms. The minimum absolute atomic E-state index is 0.428. The Morgan fingerprint density at radius 2 is 2.32 bits per heavy atom. The Morgan fingerprint density at radius 1 is 1.47 bits per heavy atom. The minimum Gasteiger partial charge on any atom is -0.369 e. The van der Waals surface area contributed by atoms with Crippen molar-refractivity contribution in [2.45, 2.75) is 45.1 Å². The standard InChI is InChI=1S/C14H19ClN4/c1-2-9-4-3-5-11(6-9)19-13-12(18-14(19)16)7-10(15)8-17-13/h7-9,11H,2-6H2,1H3,(H2,16,18). The molecule has 2 aromatic rings. The molecule has 0 saturated heterocycles. The van der Waals surface area contributed by atoms with E-state index in [4.69, 9.17) is 17.3 Å².